The second-order valence-corrected chi connectivity index (χ2v) is 7.98. The van der Waals surface area contributed by atoms with E-state index in [4.69, 9.17) is 0 Å². The zero-order chi connectivity index (χ0) is 18.8. The van der Waals surface area contributed by atoms with Crippen molar-refractivity contribution in [3.63, 3.8) is 0 Å². The van der Waals surface area contributed by atoms with Crippen molar-refractivity contribution in [1.29, 1.82) is 0 Å². The molecular weight excluding hydrogens is 354 g/mol. The van der Waals surface area contributed by atoms with Crippen LogP contribution in [-0.4, -0.2) is 46.5 Å². The molecule has 0 spiro atoms. The fourth-order valence-corrected chi connectivity index (χ4v) is 4.42. The lowest BCUT2D eigenvalue weighted by Gasteiger charge is -2.34. The Hall–Kier alpha value is -2.37. The van der Waals surface area contributed by atoms with E-state index in [9.17, 15) is 4.79 Å². The Morgan fingerprint density at radius 2 is 1.59 bits per heavy atom. The maximum atomic E-state index is 12.9. The molecule has 0 radical (unpaired) electrons. The zero-order valence-electron chi connectivity index (χ0n) is 15.9. The van der Waals surface area contributed by atoms with Crippen molar-refractivity contribution in [3.05, 3.63) is 75.7 Å². The van der Waals surface area contributed by atoms with Gasteiger partial charge < -0.3 is 9.47 Å². The molecule has 1 aliphatic rings. The molecule has 3 aromatic rings. The molecule has 140 valence electrons. The SMILES string of the molecule is Cc1ccc(C)n1-c1ccc(C(=O)N2CCN(Cc3ccsc3)CC2)cc1. The largest absolute Gasteiger partial charge is 0.336 e. The number of rotatable bonds is 4. The van der Waals surface area contributed by atoms with Crippen LogP contribution in [0.3, 0.4) is 0 Å². The van der Waals surface area contributed by atoms with Crippen LogP contribution in [0.2, 0.25) is 0 Å². The van der Waals surface area contributed by atoms with E-state index < -0.39 is 0 Å². The van der Waals surface area contributed by atoms with Crippen molar-refractivity contribution in [2.45, 2.75) is 20.4 Å². The molecule has 5 heteroatoms. The Morgan fingerprint density at radius 1 is 0.926 bits per heavy atom. The van der Waals surface area contributed by atoms with Crippen LogP contribution in [0.4, 0.5) is 0 Å². The van der Waals surface area contributed by atoms with E-state index in [2.05, 4.69) is 52.3 Å². The van der Waals surface area contributed by atoms with Crippen LogP contribution in [-0.2, 0) is 6.54 Å². The Labute approximate surface area is 164 Å². The minimum absolute atomic E-state index is 0.137. The van der Waals surface area contributed by atoms with Crippen LogP contribution in [0.1, 0.15) is 27.3 Å². The van der Waals surface area contributed by atoms with Gasteiger partial charge in [-0.25, -0.2) is 0 Å². The molecule has 0 atom stereocenters. The summed E-state index contributed by atoms with van der Waals surface area (Å²) in [5, 5.41) is 4.32. The van der Waals surface area contributed by atoms with Gasteiger partial charge in [0.25, 0.3) is 5.91 Å². The summed E-state index contributed by atoms with van der Waals surface area (Å²) in [4.78, 5) is 17.3. The molecule has 27 heavy (non-hydrogen) atoms. The predicted octanol–water partition coefficient (Wildman–Crippen LogP) is 4.11. The molecule has 0 aliphatic carbocycles. The molecule has 0 saturated carbocycles. The molecular formula is C22H25N3OS. The second-order valence-electron chi connectivity index (χ2n) is 7.20. The Balaban J connectivity index is 1.39. The normalized spacial score (nSPS) is 15.3. The standard InChI is InChI=1S/C22H25N3OS/c1-17-3-4-18(2)25(17)21-7-5-20(6-8-21)22(26)24-12-10-23(11-13-24)15-19-9-14-27-16-19/h3-9,14,16H,10-13,15H2,1-2H3. The minimum atomic E-state index is 0.137. The van der Waals surface area contributed by atoms with Gasteiger partial charge in [-0.2, -0.15) is 11.3 Å². The summed E-state index contributed by atoms with van der Waals surface area (Å²) in [5.41, 5.74) is 5.65. The lowest BCUT2D eigenvalue weighted by molar-refractivity contribution is 0.0628. The number of aryl methyl sites for hydroxylation is 2. The summed E-state index contributed by atoms with van der Waals surface area (Å²) in [5.74, 6) is 0.137. The van der Waals surface area contributed by atoms with Crippen molar-refractivity contribution in [2.75, 3.05) is 26.2 Å². The molecule has 4 rings (SSSR count). The third-order valence-corrected chi connectivity index (χ3v) is 6.02. The monoisotopic (exact) mass is 379 g/mol. The van der Waals surface area contributed by atoms with Gasteiger partial charge in [0.05, 0.1) is 0 Å². The number of nitrogens with zero attached hydrogens (tertiary/aromatic N) is 3. The quantitative estimate of drug-likeness (QED) is 0.682. The summed E-state index contributed by atoms with van der Waals surface area (Å²) in [6.07, 6.45) is 0. The number of piperazine rings is 1. The van der Waals surface area contributed by atoms with Crippen molar-refractivity contribution >= 4 is 17.2 Å². The molecule has 3 heterocycles. The minimum Gasteiger partial charge on any atom is -0.336 e. The summed E-state index contributed by atoms with van der Waals surface area (Å²) in [6.45, 7) is 8.63. The van der Waals surface area contributed by atoms with Gasteiger partial charge in [0.2, 0.25) is 0 Å². The molecule has 4 nitrogen and oxygen atoms in total. The van der Waals surface area contributed by atoms with Gasteiger partial charge in [0.15, 0.2) is 0 Å². The number of hydrogen-bond donors (Lipinski definition) is 0. The molecule has 0 unspecified atom stereocenters. The van der Waals surface area contributed by atoms with Crippen molar-refractivity contribution < 1.29 is 4.79 Å². The highest BCUT2D eigenvalue weighted by atomic mass is 32.1. The van der Waals surface area contributed by atoms with Gasteiger partial charge in [-0.1, -0.05) is 0 Å². The predicted molar refractivity (Wildman–Crippen MR) is 111 cm³/mol. The van der Waals surface area contributed by atoms with Gasteiger partial charge in [-0.3, -0.25) is 9.69 Å². The number of carbonyl (C=O) groups excluding carboxylic acids is 1. The first-order valence-electron chi connectivity index (χ1n) is 9.40. The zero-order valence-corrected chi connectivity index (χ0v) is 16.7. The van der Waals surface area contributed by atoms with Gasteiger partial charge in [-0.05, 0) is 72.6 Å². The van der Waals surface area contributed by atoms with Gasteiger partial charge in [0, 0.05) is 55.4 Å². The highest BCUT2D eigenvalue weighted by Crippen LogP contribution is 2.18. The van der Waals surface area contributed by atoms with E-state index in [0.717, 1.165) is 44.0 Å². The van der Waals surface area contributed by atoms with E-state index in [0.29, 0.717) is 0 Å². The second kappa shape index (κ2) is 7.71. The smallest absolute Gasteiger partial charge is 0.253 e. The maximum Gasteiger partial charge on any atom is 0.253 e. The molecule has 1 aromatic carbocycles. The van der Waals surface area contributed by atoms with E-state index in [1.54, 1.807) is 11.3 Å². The highest BCUT2D eigenvalue weighted by molar-refractivity contribution is 7.07. The lowest BCUT2D eigenvalue weighted by Crippen LogP contribution is -2.48. The Morgan fingerprint density at radius 3 is 2.19 bits per heavy atom. The maximum absolute atomic E-state index is 12.9. The van der Waals surface area contributed by atoms with Crippen LogP contribution >= 0.6 is 11.3 Å². The van der Waals surface area contributed by atoms with Gasteiger partial charge in [0.1, 0.15) is 0 Å². The van der Waals surface area contributed by atoms with Crippen LogP contribution in [0.5, 0.6) is 0 Å². The first kappa shape index (κ1) is 18.0. The number of thiophene rings is 1. The summed E-state index contributed by atoms with van der Waals surface area (Å²) in [7, 11) is 0. The Kier molecular flexibility index (Phi) is 5.14. The fraction of sp³-hybridized carbons (Fsp3) is 0.318. The summed E-state index contributed by atoms with van der Waals surface area (Å²) < 4.78 is 2.21. The third-order valence-electron chi connectivity index (χ3n) is 5.29. The topological polar surface area (TPSA) is 28.5 Å². The van der Waals surface area contributed by atoms with Crippen LogP contribution in [0.25, 0.3) is 5.69 Å². The average Bonchev–Trinajstić information content (AvgIpc) is 3.32. The van der Waals surface area contributed by atoms with Gasteiger partial charge in [-0.15, -0.1) is 0 Å². The Bertz CT molecular complexity index is 884. The number of amides is 1. The lowest BCUT2D eigenvalue weighted by atomic mass is 10.1. The summed E-state index contributed by atoms with van der Waals surface area (Å²) >= 11 is 1.74. The highest BCUT2D eigenvalue weighted by Gasteiger charge is 2.22. The molecule has 1 fully saturated rings. The molecule has 0 bridgehead atoms. The van der Waals surface area contributed by atoms with E-state index >= 15 is 0 Å². The number of carbonyl (C=O) groups is 1. The number of aromatic nitrogens is 1. The van der Waals surface area contributed by atoms with Crippen LogP contribution in [0.15, 0.2) is 53.2 Å². The molecule has 1 saturated heterocycles. The van der Waals surface area contributed by atoms with E-state index in [1.807, 2.05) is 29.2 Å². The number of benzene rings is 1. The fourth-order valence-electron chi connectivity index (χ4n) is 3.76. The van der Waals surface area contributed by atoms with E-state index in [1.165, 1.54) is 17.0 Å². The van der Waals surface area contributed by atoms with Crippen molar-refractivity contribution in [2.24, 2.45) is 0 Å². The molecule has 2 aromatic heterocycles. The van der Waals surface area contributed by atoms with Crippen LogP contribution in [0, 0.1) is 13.8 Å². The van der Waals surface area contributed by atoms with Crippen molar-refractivity contribution in [3.8, 4) is 5.69 Å². The average molecular weight is 380 g/mol. The third kappa shape index (κ3) is 3.84. The van der Waals surface area contributed by atoms with Crippen molar-refractivity contribution in [1.82, 2.24) is 14.4 Å². The number of hydrogen-bond acceptors (Lipinski definition) is 3. The molecule has 0 N–H and O–H groups in total. The van der Waals surface area contributed by atoms with Gasteiger partial charge >= 0.3 is 0 Å². The molecule has 1 amide bonds. The first-order valence-corrected chi connectivity index (χ1v) is 10.3. The summed E-state index contributed by atoms with van der Waals surface area (Å²) in [6, 6.07) is 14.4. The van der Waals surface area contributed by atoms with Crippen LogP contribution < -0.4 is 0 Å². The first-order chi connectivity index (χ1) is 13.1. The van der Waals surface area contributed by atoms with E-state index in [-0.39, 0.29) is 5.91 Å². The molecule has 1 aliphatic heterocycles.